The van der Waals surface area contributed by atoms with Crippen LogP contribution in [-0.4, -0.2) is 99.3 Å². The van der Waals surface area contributed by atoms with E-state index in [1.807, 2.05) is 77.9 Å². The summed E-state index contributed by atoms with van der Waals surface area (Å²) in [5, 5.41) is 15.5. The molecule has 3 aliphatic rings. The molecule has 2 aromatic carbocycles. The number of imide groups is 1. The van der Waals surface area contributed by atoms with Gasteiger partial charge in [0.2, 0.25) is 17.7 Å². The summed E-state index contributed by atoms with van der Waals surface area (Å²) < 4.78 is 7.96. The highest BCUT2D eigenvalue weighted by Gasteiger charge is 2.29. The summed E-state index contributed by atoms with van der Waals surface area (Å²) >= 11 is 0. The van der Waals surface area contributed by atoms with E-state index in [4.69, 9.17) is 19.6 Å². The Morgan fingerprint density at radius 2 is 1.60 bits per heavy atom. The summed E-state index contributed by atoms with van der Waals surface area (Å²) in [6.45, 7) is 7.19. The minimum atomic E-state index is -0.400. The van der Waals surface area contributed by atoms with Gasteiger partial charge in [-0.1, -0.05) is 30.3 Å². The van der Waals surface area contributed by atoms with E-state index in [-0.39, 0.29) is 42.1 Å². The number of aromatic nitrogens is 2. The molecule has 0 saturated carbocycles. The Hall–Kier alpha value is -5.76. The van der Waals surface area contributed by atoms with Gasteiger partial charge >= 0.3 is 0 Å². The van der Waals surface area contributed by atoms with Crippen molar-refractivity contribution in [1.29, 1.82) is 0 Å². The number of ether oxygens (including phenoxy) is 1. The third-order valence-electron chi connectivity index (χ3n) is 10.4. The molecule has 0 spiro atoms. The van der Waals surface area contributed by atoms with Crippen LogP contribution in [0.2, 0.25) is 0 Å². The molecule has 4 aromatic rings. The molecule has 1 unspecified atom stereocenters. The summed E-state index contributed by atoms with van der Waals surface area (Å²) in [6, 6.07) is 19.0. The molecule has 55 heavy (non-hydrogen) atoms. The SMILES string of the molecule is CC(C)Oc1cc2nc(C3CCN(CC(=O)N4CCC(c5ccc(NC6CCC(=O)NC6=O)cc5)CC4)CC3)cn2cc1C(=O)Nc1ccccc1.O=CO. The van der Waals surface area contributed by atoms with E-state index in [9.17, 15) is 19.2 Å². The number of anilines is 2. The van der Waals surface area contributed by atoms with Gasteiger partial charge in [0.05, 0.1) is 23.9 Å². The first kappa shape index (κ1) is 38.9. The quantitative estimate of drug-likeness (QED) is 0.129. The second-order valence-corrected chi connectivity index (χ2v) is 14.6. The summed E-state index contributed by atoms with van der Waals surface area (Å²) in [4.78, 5) is 67.7. The van der Waals surface area contributed by atoms with Crippen LogP contribution in [0.1, 0.15) is 85.8 Å². The van der Waals surface area contributed by atoms with E-state index in [0.717, 1.165) is 68.9 Å². The fourth-order valence-corrected chi connectivity index (χ4v) is 7.50. The number of nitrogens with one attached hydrogen (secondary N) is 3. The number of carbonyl (C=O) groups excluding carboxylic acids is 4. The van der Waals surface area contributed by atoms with Crippen molar-refractivity contribution >= 4 is 47.1 Å². The van der Waals surface area contributed by atoms with Crippen molar-refractivity contribution in [2.75, 3.05) is 43.4 Å². The van der Waals surface area contributed by atoms with E-state index in [1.165, 1.54) is 5.56 Å². The minimum absolute atomic E-state index is 0.103. The van der Waals surface area contributed by atoms with Crippen LogP contribution in [0, 0.1) is 0 Å². The fourth-order valence-electron chi connectivity index (χ4n) is 7.50. The van der Waals surface area contributed by atoms with Gasteiger partial charge in [0.15, 0.2) is 0 Å². The van der Waals surface area contributed by atoms with Gasteiger partial charge in [-0.3, -0.25) is 34.2 Å². The largest absolute Gasteiger partial charge is 0.490 e. The van der Waals surface area contributed by atoms with Gasteiger partial charge in [-0.15, -0.1) is 0 Å². The average molecular weight is 752 g/mol. The molecule has 3 fully saturated rings. The lowest BCUT2D eigenvalue weighted by Gasteiger charge is -2.35. The minimum Gasteiger partial charge on any atom is -0.490 e. The summed E-state index contributed by atoms with van der Waals surface area (Å²) in [5.41, 5.74) is 4.99. The zero-order chi connectivity index (χ0) is 38.9. The molecular formula is C41H49N7O7. The Morgan fingerprint density at radius 3 is 2.25 bits per heavy atom. The zero-order valence-corrected chi connectivity index (χ0v) is 31.3. The highest BCUT2D eigenvalue weighted by Crippen LogP contribution is 2.32. The van der Waals surface area contributed by atoms with Gasteiger partial charge in [0.25, 0.3) is 12.4 Å². The van der Waals surface area contributed by atoms with Crippen LogP contribution in [-0.2, 0) is 19.2 Å². The first-order valence-corrected chi connectivity index (χ1v) is 18.9. The van der Waals surface area contributed by atoms with Gasteiger partial charge in [-0.2, -0.15) is 0 Å². The number of carbonyl (C=O) groups is 5. The molecule has 5 heterocycles. The maximum absolute atomic E-state index is 13.3. The Labute approximate surface area is 320 Å². The van der Waals surface area contributed by atoms with E-state index >= 15 is 0 Å². The smallest absolute Gasteiger partial charge is 0.290 e. The molecular weight excluding hydrogens is 702 g/mol. The van der Waals surface area contributed by atoms with Gasteiger partial charge in [0, 0.05) is 55.3 Å². The van der Waals surface area contributed by atoms with Gasteiger partial charge in [-0.25, -0.2) is 4.98 Å². The Morgan fingerprint density at radius 1 is 0.927 bits per heavy atom. The lowest BCUT2D eigenvalue weighted by atomic mass is 9.89. The maximum atomic E-state index is 13.3. The lowest BCUT2D eigenvalue weighted by molar-refractivity contribution is -0.134. The van der Waals surface area contributed by atoms with Crippen molar-refractivity contribution in [3.63, 3.8) is 0 Å². The molecule has 14 heteroatoms. The monoisotopic (exact) mass is 751 g/mol. The van der Waals surface area contributed by atoms with Crippen molar-refractivity contribution in [3.8, 4) is 5.75 Å². The Balaban J connectivity index is 0.00000166. The molecule has 3 aliphatic heterocycles. The second-order valence-electron chi connectivity index (χ2n) is 14.6. The molecule has 3 saturated heterocycles. The predicted octanol–water partition coefficient (Wildman–Crippen LogP) is 4.88. The number of para-hydroxylation sites is 1. The highest BCUT2D eigenvalue weighted by molar-refractivity contribution is 6.06. The van der Waals surface area contributed by atoms with Crippen LogP contribution >= 0.6 is 0 Å². The van der Waals surface area contributed by atoms with Gasteiger partial charge < -0.3 is 29.8 Å². The van der Waals surface area contributed by atoms with Crippen LogP contribution in [0.4, 0.5) is 11.4 Å². The molecule has 2 aromatic heterocycles. The predicted molar refractivity (Wildman–Crippen MR) is 207 cm³/mol. The van der Waals surface area contributed by atoms with Crippen molar-refractivity contribution in [3.05, 3.63) is 89.9 Å². The maximum Gasteiger partial charge on any atom is 0.290 e. The molecule has 4 N–H and O–H groups in total. The number of rotatable bonds is 10. The normalized spacial score (nSPS) is 18.3. The number of imidazole rings is 1. The third-order valence-corrected chi connectivity index (χ3v) is 10.4. The van der Waals surface area contributed by atoms with Gasteiger partial charge in [-0.05, 0) is 94.8 Å². The van der Waals surface area contributed by atoms with Crippen LogP contribution in [0.3, 0.4) is 0 Å². The van der Waals surface area contributed by atoms with Crippen LogP contribution in [0.5, 0.6) is 5.75 Å². The number of amides is 4. The molecule has 14 nitrogen and oxygen atoms in total. The lowest BCUT2D eigenvalue weighted by Crippen LogP contribution is -2.47. The molecule has 7 rings (SSSR count). The molecule has 290 valence electrons. The van der Waals surface area contributed by atoms with Gasteiger partial charge in [0.1, 0.15) is 17.4 Å². The number of piperidine rings is 3. The molecule has 0 aliphatic carbocycles. The van der Waals surface area contributed by atoms with E-state index in [1.54, 1.807) is 6.20 Å². The first-order valence-electron chi connectivity index (χ1n) is 18.9. The average Bonchev–Trinajstić information content (AvgIpc) is 3.60. The highest BCUT2D eigenvalue weighted by atomic mass is 16.5. The number of hydrogen-bond donors (Lipinski definition) is 4. The summed E-state index contributed by atoms with van der Waals surface area (Å²) in [5.74, 6) is 0.608. The number of fused-ring (bicyclic) bond motifs is 1. The standard InChI is InChI=1S/C40H47N7O5.CH2O2/c1-26(2)52-35-22-36-43-34(24-47(36)23-32(35)39(50)42-30-6-4-3-5-7-30)29-14-18-45(19-15-29)25-38(49)46-20-16-28(17-21-46)27-8-10-31(11-9-27)41-33-12-13-37(48)44-40(33)51;2-1-3/h3-11,22-24,26,28-29,33,41H,12-21,25H2,1-2H3,(H,42,50)(H,44,48,51);1H,(H,2,3). The number of pyridine rings is 1. The topological polar surface area (TPSA) is 175 Å². The fraction of sp³-hybridized carbons (Fsp3) is 0.415. The Bertz CT molecular complexity index is 1970. The number of benzene rings is 2. The molecule has 1 atom stereocenters. The van der Waals surface area contributed by atoms with Crippen molar-refractivity contribution < 1.29 is 33.8 Å². The number of likely N-dealkylation sites (tertiary alicyclic amines) is 2. The van der Waals surface area contributed by atoms with E-state index < -0.39 is 6.04 Å². The van der Waals surface area contributed by atoms with Crippen LogP contribution < -0.4 is 20.7 Å². The first-order chi connectivity index (χ1) is 26.6. The molecule has 0 bridgehead atoms. The third kappa shape index (κ3) is 10.1. The van der Waals surface area contributed by atoms with Crippen molar-refractivity contribution in [1.82, 2.24) is 24.5 Å². The summed E-state index contributed by atoms with van der Waals surface area (Å²) in [6.07, 6.45) is 8.20. The number of hydrogen-bond acceptors (Lipinski definition) is 9. The number of carboxylic acid groups (broad SMARTS) is 1. The van der Waals surface area contributed by atoms with Crippen molar-refractivity contribution in [2.45, 2.75) is 76.4 Å². The Kier molecular flexibility index (Phi) is 12.8. The molecule has 0 radical (unpaired) electrons. The second kappa shape index (κ2) is 18.0. The van der Waals surface area contributed by atoms with Crippen LogP contribution in [0.15, 0.2) is 73.1 Å². The zero-order valence-electron chi connectivity index (χ0n) is 31.3. The summed E-state index contributed by atoms with van der Waals surface area (Å²) in [7, 11) is 0. The van der Waals surface area contributed by atoms with Crippen molar-refractivity contribution in [2.24, 2.45) is 0 Å². The van der Waals surface area contributed by atoms with Crippen LogP contribution in [0.25, 0.3) is 5.65 Å². The van der Waals surface area contributed by atoms with E-state index in [0.29, 0.717) is 42.3 Å². The van der Waals surface area contributed by atoms with E-state index in [2.05, 4.69) is 33.0 Å². The molecule has 4 amide bonds. The number of nitrogens with zero attached hydrogens (tertiary/aromatic N) is 4.